The monoisotopic (exact) mass is 608 g/mol. The first-order valence-corrected chi connectivity index (χ1v) is 14.2. The maximum atomic E-state index is 9.28. The van der Waals surface area contributed by atoms with Gasteiger partial charge in [-0.15, -0.1) is 30.1 Å². The van der Waals surface area contributed by atoms with Crippen molar-refractivity contribution in [2.75, 3.05) is 0 Å². The Morgan fingerprint density at radius 1 is 0.625 bits per heavy atom. The Morgan fingerprint density at radius 3 is 1.25 bits per heavy atom. The minimum atomic E-state index is 0. The fourth-order valence-corrected chi connectivity index (χ4v) is 4.90. The maximum Gasteiger partial charge on any atom is 1.00 e. The van der Waals surface area contributed by atoms with Gasteiger partial charge in [-0.1, -0.05) is 48.5 Å². The smallest absolute Gasteiger partial charge is 1.00 e. The summed E-state index contributed by atoms with van der Waals surface area (Å²) in [5, 5.41) is 11.6. The van der Waals surface area contributed by atoms with E-state index in [2.05, 4.69) is 93.0 Å². The number of aliphatic hydroxyl groups excluding tert-OH is 1. The van der Waals surface area contributed by atoms with Gasteiger partial charge in [0.1, 0.15) is 24.7 Å². The molecule has 8 heteroatoms. The van der Waals surface area contributed by atoms with Crippen LogP contribution in [-0.4, -0.2) is 5.11 Å². The maximum absolute atomic E-state index is 9.28. The molecule has 2 atom stereocenters. The minimum Gasteiger partial charge on any atom is -1.00 e. The number of ether oxygens (including phenoxy) is 2. The molecule has 0 aliphatic heterocycles. The molecule has 0 bridgehead atoms. The SMILES string of the molecule is Cc1cc(OCc2ccc(P)cc2)cc(C)c1CCl.Cc1cc(OCc2ccc(P)cc2)cc(C)c1CO.[Cl-].[Li+]. The molecule has 0 aliphatic carbocycles. The molecule has 1 N–H and O–H groups in total. The fourth-order valence-electron chi connectivity index (χ4n) is 4.10. The standard InChI is InChI=1S/C16H18ClOP.C16H19O2P.ClH.Li/c2*1-11-7-14(8-12(2)16(11)9-17)18-10-13-3-5-15(19)6-4-13;;/h3-8H,9-10,19H2,1-2H3;3-8,17H,9-10,19H2,1-2H3;1H;/q;;;+1/p-1. The molecular weight excluding hydrogens is 572 g/mol. The van der Waals surface area contributed by atoms with Crippen LogP contribution in [0, 0.1) is 27.7 Å². The fraction of sp³-hybridized carbons (Fsp3) is 0.250. The van der Waals surface area contributed by atoms with Crippen LogP contribution in [0.2, 0.25) is 0 Å². The van der Waals surface area contributed by atoms with Crippen molar-refractivity contribution in [3.05, 3.63) is 117 Å². The molecule has 4 aromatic rings. The quantitative estimate of drug-likeness (QED) is 0.184. The van der Waals surface area contributed by atoms with Crippen molar-refractivity contribution in [1.29, 1.82) is 0 Å². The molecule has 208 valence electrons. The summed E-state index contributed by atoms with van der Waals surface area (Å²) >= 11 is 5.93. The van der Waals surface area contributed by atoms with Crippen molar-refractivity contribution in [1.82, 2.24) is 0 Å². The number of halogens is 2. The third kappa shape index (κ3) is 11.0. The van der Waals surface area contributed by atoms with E-state index in [4.69, 9.17) is 21.1 Å². The zero-order valence-corrected chi connectivity index (χ0v) is 27.8. The third-order valence-corrected chi connectivity index (χ3v) is 7.44. The van der Waals surface area contributed by atoms with Crippen molar-refractivity contribution in [3.8, 4) is 11.5 Å². The first kappa shape index (κ1) is 36.5. The van der Waals surface area contributed by atoms with Gasteiger partial charge in [0.15, 0.2) is 0 Å². The molecule has 3 nitrogen and oxygen atoms in total. The van der Waals surface area contributed by atoms with Gasteiger partial charge in [-0.2, -0.15) is 0 Å². The van der Waals surface area contributed by atoms with E-state index in [0.29, 0.717) is 19.1 Å². The summed E-state index contributed by atoms with van der Waals surface area (Å²) in [5.74, 6) is 2.30. The molecule has 2 unspecified atom stereocenters. The molecule has 0 spiro atoms. The predicted octanol–water partition coefficient (Wildman–Crippen LogP) is 1.00. The van der Waals surface area contributed by atoms with E-state index in [1.807, 2.05) is 26.0 Å². The van der Waals surface area contributed by atoms with Crippen LogP contribution in [0.25, 0.3) is 0 Å². The van der Waals surface area contributed by atoms with Crippen molar-refractivity contribution in [3.63, 3.8) is 0 Å². The normalized spacial score (nSPS) is 10.0. The molecule has 0 fully saturated rings. The van der Waals surface area contributed by atoms with E-state index in [9.17, 15) is 5.11 Å². The molecule has 0 heterocycles. The number of hydrogen-bond acceptors (Lipinski definition) is 3. The third-order valence-electron chi connectivity index (χ3n) is 6.40. The Bertz CT molecular complexity index is 1200. The van der Waals surface area contributed by atoms with Gasteiger partial charge in [0, 0.05) is 5.88 Å². The second kappa shape index (κ2) is 18.1. The first-order chi connectivity index (χ1) is 18.2. The summed E-state index contributed by atoms with van der Waals surface area (Å²) in [6.45, 7) is 9.35. The number of alkyl halides is 1. The summed E-state index contributed by atoms with van der Waals surface area (Å²) in [7, 11) is 5.35. The van der Waals surface area contributed by atoms with Gasteiger partial charge in [0.05, 0.1) is 6.61 Å². The van der Waals surface area contributed by atoms with Crippen LogP contribution in [0.15, 0.2) is 72.8 Å². The molecule has 40 heavy (non-hydrogen) atoms. The molecule has 0 aromatic heterocycles. The molecule has 0 radical (unpaired) electrons. The van der Waals surface area contributed by atoms with E-state index in [0.717, 1.165) is 33.8 Å². The average Bonchev–Trinajstić information content (AvgIpc) is 2.88. The van der Waals surface area contributed by atoms with E-state index in [1.54, 1.807) is 0 Å². The number of rotatable bonds is 8. The van der Waals surface area contributed by atoms with Gasteiger partial charge in [0.25, 0.3) is 0 Å². The predicted molar refractivity (Wildman–Crippen MR) is 168 cm³/mol. The van der Waals surface area contributed by atoms with Gasteiger partial charge in [-0.05, 0) is 107 Å². The van der Waals surface area contributed by atoms with Gasteiger partial charge < -0.3 is 27.0 Å². The zero-order chi connectivity index (χ0) is 27.7. The van der Waals surface area contributed by atoms with E-state index in [-0.39, 0.29) is 37.9 Å². The summed E-state index contributed by atoms with van der Waals surface area (Å²) in [4.78, 5) is 0. The van der Waals surface area contributed by atoms with Crippen molar-refractivity contribution in [2.45, 2.75) is 53.4 Å². The molecule has 4 rings (SSSR count). The van der Waals surface area contributed by atoms with Gasteiger partial charge in [-0.3, -0.25) is 0 Å². The second-order valence-corrected chi connectivity index (χ2v) is 11.0. The van der Waals surface area contributed by atoms with Crippen molar-refractivity contribution < 1.29 is 45.8 Å². The van der Waals surface area contributed by atoms with Gasteiger partial charge in [0.2, 0.25) is 0 Å². The Morgan fingerprint density at radius 2 is 0.950 bits per heavy atom. The van der Waals surface area contributed by atoms with Crippen LogP contribution in [0.1, 0.15) is 44.5 Å². The average molecular weight is 609 g/mol. The number of aryl methyl sites for hydroxylation is 4. The Labute approximate surface area is 267 Å². The van der Waals surface area contributed by atoms with Crippen LogP contribution in [-0.2, 0) is 25.7 Å². The topological polar surface area (TPSA) is 38.7 Å². The van der Waals surface area contributed by atoms with Crippen molar-refractivity contribution in [2.24, 2.45) is 0 Å². The van der Waals surface area contributed by atoms with Gasteiger partial charge >= 0.3 is 18.9 Å². The van der Waals surface area contributed by atoms with Crippen LogP contribution in [0.3, 0.4) is 0 Å². The van der Waals surface area contributed by atoms with Crippen LogP contribution in [0.5, 0.6) is 11.5 Å². The Hall–Kier alpha value is -1.52. The summed E-state index contributed by atoms with van der Waals surface area (Å²) < 4.78 is 11.6. The second-order valence-electron chi connectivity index (χ2n) is 9.42. The molecule has 4 aromatic carbocycles. The number of benzene rings is 4. The van der Waals surface area contributed by atoms with Crippen LogP contribution >= 0.6 is 30.1 Å². The Balaban J connectivity index is 0.000000381. The van der Waals surface area contributed by atoms with E-state index < -0.39 is 0 Å². The number of aliphatic hydroxyl groups is 1. The van der Waals surface area contributed by atoms with Gasteiger partial charge in [-0.25, -0.2) is 0 Å². The van der Waals surface area contributed by atoms with Crippen molar-refractivity contribution >= 4 is 40.7 Å². The molecular formula is C32H37Cl2LiO3P2. The van der Waals surface area contributed by atoms with Crippen LogP contribution in [0.4, 0.5) is 0 Å². The Kier molecular flexibility index (Phi) is 16.5. The summed E-state index contributed by atoms with van der Waals surface area (Å²) in [6.07, 6.45) is 0. The summed E-state index contributed by atoms with van der Waals surface area (Å²) in [5.41, 5.74) is 9.00. The molecule has 0 saturated heterocycles. The van der Waals surface area contributed by atoms with E-state index >= 15 is 0 Å². The minimum absolute atomic E-state index is 0. The summed E-state index contributed by atoms with van der Waals surface area (Å²) in [6, 6.07) is 24.6. The van der Waals surface area contributed by atoms with Crippen LogP contribution < -0.4 is 51.4 Å². The largest absolute Gasteiger partial charge is 1.00 e. The number of hydrogen-bond donors (Lipinski definition) is 1. The molecule has 0 amide bonds. The zero-order valence-electron chi connectivity index (χ0n) is 23.9. The molecule has 0 aliphatic rings. The first-order valence-electron chi connectivity index (χ1n) is 12.5. The van der Waals surface area contributed by atoms with E-state index in [1.165, 1.54) is 32.9 Å². The molecule has 0 saturated carbocycles.